The van der Waals surface area contributed by atoms with Crippen LogP contribution in [0.2, 0.25) is 0 Å². The van der Waals surface area contributed by atoms with Crippen LogP contribution >= 0.6 is 0 Å². The van der Waals surface area contributed by atoms with Gasteiger partial charge in [-0.3, -0.25) is 10.1 Å². The van der Waals surface area contributed by atoms with Crippen LogP contribution in [0.25, 0.3) is 0 Å². The molecule has 11 heavy (non-hydrogen) atoms. The summed E-state index contributed by atoms with van der Waals surface area (Å²) >= 11 is 0. The summed E-state index contributed by atoms with van der Waals surface area (Å²) in [6.45, 7) is 1.55. The number of carbonyl (C=O) groups is 1. The van der Waals surface area contributed by atoms with E-state index < -0.39 is 0 Å². The lowest BCUT2D eigenvalue weighted by molar-refractivity contribution is 0.101. The maximum absolute atomic E-state index is 11.0. The van der Waals surface area contributed by atoms with Gasteiger partial charge in [0.2, 0.25) is 0 Å². The van der Waals surface area contributed by atoms with Gasteiger partial charge in [0, 0.05) is 12.6 Å². The van der Waals surface area contributed by atoms with E-state index in [1.165, 1.54) is 0 Å². The van der Waals surface area contributed by atoms with Gasteiger partial charge in [0.1, 0.15) is 0 Å². The largest absolute Gasteiger partial charge is 0.294 e. The maximum Gasteiger partial charge on any atom is 0.161 e. The average Bonchev–Trinajstić information content (AvgIpc) is 2.04. The van der Waals surface area contributed by atoms with Crippen molar-refractivity contribution in [3.63, 3.8) is 0 Å². The number of rotatable bonds is 2. The molecule has 0 unspecified atom stereocenters. The third-order valence-corrected chi connectivity index (χ3v) is 1.52. The number of benzene rings is 1. The zero-order valence-corrected chi connectivity index (χ0v) is 6.66. The van der Waals surface area contributed by atoms with Crippen molar-refractivity contribution < 1.29 is 4.79 Å². The molecule has 1 rings (SSSR count). The van der Waals surface area contributed by atoms with Crippen LogP contribution < -0.4 is 5.32 Å². The van der Waals surface area contributed by atoms with E-state index in [9.17, 15) is 4.79 Å². The Balaban J connectivity index is 3.12. The van der Waals surface area contributed by atoms with E-state index in [0.29, 0.717) is 5.56 Å². The van der Waals surface area contributed by atoms with Crippen molar-refractivity contribution >= 4 is 11.5 Å². The molecule has 1 radical (unpaired) electrons. The Kier molecular flexibility index (Phi) is 2.26. The van der Waals surface area contributed by atoms with Crippen molar-refractivity contribution in [2.45, 2.75) is 6.92 Å². The number of ketones is 1. The molecule has 57 valence electrons. The van der Waals surface area contributed by atoms with E-state index in [4.69, 9.17) is 0 Å². The Morgan fingerprint density at radius 1 is 1.36 bits per heavy atom. The molecule has 2 nitrogen and oxygen atoms in total. The second kappa shape index (κ2) is 3.19. The molecular formula is C9H10NO. The molecule has 0 atom stereocenters. The Hall–Kier alpha value is -1.31. The monoisotopic (exact) mass is 148 g/mol. The topological polar surface area (TPSA) is 31.2 Å². The summed E-state index contributed by atoms with van der Waals surface area (Å²) < 4.78 is 0. The fourth-order valence-electron chi connectivity index (χ4n) is 0.966. The van der Waals surface area contributed by atoms with Crippen LogP contribution in [0, 0.1) is 0 Å². The van der Waals surface area contributed by atoms with E-state index >= 15 is 0 Å². The molecule has 0 aromatic heterocycles. The van der Waals surface area contributed by atoms with Crippen LogP contribution in [-0.4, -0.2) is 12.8 Å². The van der Waals surface area contributed by atoms with E-state index in [1.807, 2.05) is 18.2 Å². The van der Waals surface area contributed by atoms with Gasteiger partial charge in [0.05, 0.1) is 5.69 Å². The second-order valence-corrected chi connectivity index (χ2v) is 2.30. The van der Waals surface area contributed by atoms with Gasteiger partial charge in [0.25, 0.3) is 0 Å². The van der Waals surface area contributed by atoms with Gasteiger partial charge in [-0.05, 0) is 19.1 Å². The van der Waals surface area contributed by atoms with Gasteiger partial charge in [-0.25, -0.2) is 0 Å². The summed E-state index contributed by atoms with van der Waals surface area (Å²) in [5, 5.41) is 3.97. The molecule has 0 spiro atoms. The fraction of sp³-hybridized carbons (Fsp3) is 0.222. The molecule has 0 amide bonds. The van der Waals surface area contributed by atoms with Gasteiger partial charge in [-0.1, -0.05) is 12.1 Å². The minimum absolute atomic E-state index is 0.0613. The van der Waals surface area contributed by atoms with E-state index in [2.05, 4.69) is 5.32 Å². The number of nitrogens with zero attached hydrogens (tertiary/aromatic N) is 1. The van der Waals surface area contributed by atoms with Crippen molar-refractivity contribution in [2.75, 3.05) is 7.05 Å². The SMILES string of the molecule is C[N]c1ccccc1C(C)=O. The second-order valence-electron chi connectivity index (χ2n) is 2.30. The van der Waals surface area contributed by atoms with Crippen molar-refractivity contribution in [1.82, 2.24) is 5.32 Å². The molecular weight excluding hydrogens is 138 g/mol. The summed E-state index contributed by atoms with van der Waals surface area (Å²) in [7, 11) is 1.68. The van der Waals surface area contributed by atoms with E-state index in [1.54, 1.807) is 20.0 Å². The van der Waals surface area contributed by atoms with Crippen LogP contribution in [-0.2, 0) is 0 Å². The van der Waals surface area contributed by atoms with Crippen molar-refractivity contribution in [3.8, 4) is 0 Å². The summed E-state index contributed by atoms with van der Waals surface area (Å²) in [5.74, 6) is 0.0613. The summed E-state index contributed by atoms with van der Waals surface area (Å²) in [6.07, 6.45) is 0. The fourth-order valence-corrected chi connectivity index (χ4v) is 0.966. The zero-order chi connectivity index (χ0) is 8.27. The van der Waals surface area contributed by atoms with Crippen LogP contribution in [0.15, 0.2) is 24.3 Å². The lowest BCUT2D eigenvalue weighted by atomic mass is 10.1. The molecule has 0 N–H and O–H groups in total. The molecule has 0 bridgehead atoms. The predicted octanol–water partition coefficient (Wildman–Crippen LogP) is 1.75. The Morgan fingerprint density at radius 2 is 2.00 bits per heavy atom. The first-order valence-corrected chi connectivity index (χ1v) is 3.45. The minimum Gasteiger partial charge on any atom is -0.294 e. The average molecular weight is 148 g/mol. The van der Waals surface area contributed by atoms with Gasteiger partial charge in [0.15, 0.2) is 5.78 Å². The molecule has 1 aromatic carbocycles. The first-order valence-electron chi connectivity index (χ1n) is 3.45. The van der Waals surface area contributed by atoms with Gasteiger partial charge < -0.3 is 0 Å². The van der Waals surface area contributed by atoms with E-state index in [-0.39, 0.29) is 5.78 Å². The Labute approximate surface area is 66.2 Å². The van der Waals surface area contributed by atoms with Crippen molar-refractivity contribution in [1.29, 1.82) is 0 Å². The molecule has 0 saturated heterocycles. The van der Waals surface area contributed by atoms with Gasteiger partial charge in [-0.15, -0.1) is 0 Å². The Morgan fingerprint density at radius 3 is 2.45 bits per heavy atom. The highest BCUT2D eigenvalue weighted by Gasteiger charge is 2.03. The minimum atomic E-state index is 0.0613. The number of Topliss-reactive ketones (excluding diaryl/α,β-unsaturated/α-hetero) is 1. The highest BCUT2D eigenvalue weighted by molar-refractivity contribution is 5.98. The first-order chi connectivity index (χ1) is 5.25. The van der Waals surface area contributed by atoms with E-state index in [0.717, 1.165) is 5.69 Å². The van der Waals surface area contributed by atoms with Gasteiger partial charge >= 0.3 is 0 Å². The maximum atomic E-state index is 11.0. The van der Waals surface area contributed by atoms with Crippen molar-refractivity contribution in [3.05, 3.63) is 29.8 Å². The van der Waals surface area contributed by atoms with Crippen LogP contribution in [0.1, 0.15) is 17.3 Å². The molecule has 0 aliphatic carbocycles. The lowest BCUT2D eigenvalue weighted by Crippen LogP contribution is -1.98. The quantitative estimate of drug-likeness (QED) is 0.588. The standard InChI is InChI=1S/C9H10NO/c1-7(11)8-5-3-4-6-9(8)10-2/h3-6H,1-2H3. The number of hydrogen-bond acceptors (Lipinski definition) is 1. The highest BCUT2D eigenvalue weighted by atomic mass is 16.1. The normalized spacial score (nSPS) is 9.27. The number of carbonyl (C=O) groups excluding carboxylic acids is 1. The molecule has 0 aliphatic rings. The van der Waals surface area contributed by atoms with Crippen LogP contribution in [0.5, 0.6) is 0 Å². The predicted molar refractivity (Wildman–Crippen MR) is 44.2 cm³/mol. The molecule has 0 fully saturated rings. The third-order valence-electron chi connectivity index (χ3n) is 1.52. The Bertz CT molecular complexity index is 268. The summed E-state index contributed by atoms with van der Waals surface area (Å²) in [4.78, 5) is 11.0. The lowest BCUT2D eigenvalue weighted by Gasteiger charge is -2.01. The number of hydrogen-bond donors (Lipinski definition) is 0. The summed E-state index contributed by atoms with van der Waals surface area (Å²) in [6, 6.07) is 7.32. The van der Waals surface area contributed by atoms with Crippen LogP contribution in [0.4, 0.5) is 5.69 Å². The molecule has 0 aliphatic heterocycles. The van der Waals surface area contributed by atoms with Crippen LogP contribution in [0.3, 0.4) is 0 Å². The number of para-hydroxylation sites is 1. The molecule has 2 heteroatoms. The zero-order valence-electron chi connectivity index (χ0n) is 6.66. The van der Waals surface area contributed by atoms with Crippen molar-refractivity contribution in [2.24, 2.45) is 0 Å². The molecule has 0 heterocycles. The summed E-state index contributed by atoms with van der Waals surface area (Å²) in [5.41, 5.74) is 1.45. The smallest absolute Gasteiger partial charge is 0.161 e. The molecule has 1 aromatic rings. The highest BCUT2D eigenvalue weighted by Crippen LogP contribution is 2.14. The van der Waals surface area contributed by atoms with Gasteiger partial charge in [-0.2, -0.15) is 0 Å². The first kappa shape index (κ1) is 7.79. The third kappa shape index (κ3) is 1.58. The molecule has 0 saturated carbocycles.